The van der Waals surface area contributed by atoms with Gasteiger partial charge in [-0.25, -0.2) is 9.78 Å². The normalized spacial score (nSPS) is 20.4. The van der Waals surface area contributed by atoms with Crippen LogP contribution in [0.3, 0.4) is 0 Å². The van der Waals surface area contributed by atoms with E-state index in [4.69, 9.17) is 0 Å². The molecule has 1 aromatic heterocycles. The highest BCUT2D eigenvalue weighted by molar-refractivity contribution is 7.17. The number of hydrogen-bond donors (Lipinski definition) is 1. The van der Waals surface area contributed by atoms with Crippen molar-refractivity contribution in [2.45, 2.75) is 32.1 Å². The molecule has 0 spiro atoms. The molecule has 110 valence electrons. The van der Waals surface area contributed by atoms with Gasteiger partial charge in [0.25, 0.3) is 0 Å². The molecule has 2 heterocycles. The number of thiazole rings is 1. The van der Waals surface area contributed by atoms with Crippen molar-refractivity contribution < 1.29 is 9.90 Å². The number of carbonyl (C=O) groups is 1. The summed E-state index contributed by atoms with van der Waals surface area (Å²) in [5, 5.41) is 10.2. The van der Waals surface area contributed by atoms with Crippen LogP contribution < -0.4 is 4.90 Å². The first kappa shape index (κ1) is 13.8. The van der Waals surface area contributed by atoms with Gasteiger partial charge in [0.15, 0.2) is 5.13 Å². The van der Waals surface area contributed by atoms with Gasteiger partial charge in [-0.15, -0.1) is 0 Å². The number of anilines is 1. The minimum absolute atomic E-state index is 0.396. The summed E-state index contributed by atoms with van der Waals surface area (Å²) >= 11 is 1.35. The van der Waals surface area contributed by atoms with Gasteiger partial charge in [0.2, 0.25) is 0 Å². The highest BCUT2D eigenvalue weighted by Crippen LogP contribution is 2.44. The number of carboxylic acids is 1. The Bertz CT molecular complexity index is 491. The van der Waals surface area contributed by atoms with Gasteiger partial charge in [0, 0.05) is 32.1 Å². The number of piperazine rings is 1. The lowest BCUT2D eigenvalue weighted by atomic mass is 10.2. The molecule has 0 unspecified atom stereocenters. The predicted octanol–water partition coefficient (Wildman–Crippen LogP) is 2.25. The van der Waals surface area contributed by atoms with Gasteiger partial charge in [0.1, 0.15) is 4.88 Å². The molecule has 0 amide bonds. The maximum absolute atomic E-state index is 11.3. The van der Waals surface area contributed by atoms with Gasteiger partial charge in [-0.3, -0.25) is 4.90 Å². The van der Waals surface area contributed by atoms with Crippen LogP contribution in [-0.4, -0.2) is 53.7 Å². The van der Waals surface area contributed by atoms with Crippen LogP contribution in [0.1, 0.15) is 47.5 Å². The van der Waals surface area contributed by atoms with Crippen LogP contribution in [-0.2, 0) is 0 Å². The average Bonchev–Trinajstić information content (AvgIpc) is 3.19. The number of carboxylic acid groups (broad SMARTS) is 1. The fourth-order valence-corrected chi connectivity index (χ4v) is 3.76. The Kier molecular flexibility index (Phi) is 3.94. The summed E-state index contributed by atoms with van der Waals surface area (Å²) in [7, 11) is 0. The van der Waals surface area contributed by atoms with Crippen molar-refractivity contribution in [3.8, 4) is 0 Å². The Morgan fingerprint density at radius 2 is 2.05 bits per heavy atom. The molecule has 1 saturated heterocycles. The maximum Gasteiger partial charge on any atom is 0.347 e. The molecule has 2 fully saturated rings. The van der Waals surface area contributed by atoms with Gasteiger partial charge >= 0.3 is 5.97 Å². The van der Waals surface area contributed by atoms with Gasteiger partial charge in [-0.2, -0.15) is 0 Å². The van der Waals surface area contributed by atoms with Crippen LogP contribution >= 0.6 is 11.3 Å². The molecule has 1 aliphatic heterocycles. The van der Waals surface area contributed by atoms with Crippen molar-refractivity contribution in [3.63, 3.8) is 0 Å². The molecule has 2 aliphatic rings. The molecule has 1 aliphatic carbocycles. The second-order valence-electron chi connectivity index (χ2n) is 5.62. The summed E-state index contributed by atoms with van der Waals surface area (Å²) in [4.78, 5) is 21.1. The average molecular weight is 295 g/mol. The lowest BCUT2D eigenvalue weighted by Gasteiger charge is -2.34. The van der Waals surface area contributed by atoms with Crippen LogP contribution in [0.25, 0.3) is 0 Å². The van der Waals surface area contributed by atoms with Crippen LogP contribution in [0.2, 0.25) is 0 Å². The van der Waals surface area contributed by atoms with Crippen molar-refractivity contribution in [2.24, 2.45) is 0 Å². The molecule has 20 heavy (non-hydrogen) atoms. The lowest BCUT2D eigenvalue weighted by molar-refractivity contribution is 0.0700. The van der Waals surface area contributed by atoms with Gasteiger partial charge < -0.3 is 10.0 Å². The first-order chi connectivity index (χ1) is 9.69. The zero-order valence-electron chi connectivity index (χ0n) is 11.8. The summed E-state index contributed by atoms with van der Waals surface area (Å²) in [6, 6.07) is 0. The van der Waals surface area contributed by atoms with E-state index < -0.39 is 5.97 Å². The molecule has 0 atom stereocenters. The zero-order chi connectivity index (χ0) is 14.1. The molecule has 0 radical (unpaired) electrons. The topological polar surface area (TPSA) is 56.7 Å². The predicted molar refractivity (Wildman–Crippen MR) is 80.0 cm³/mol. The molecule has 1 saturated carbocycles. The van der Waals surface area contributed by atoms with E-state index in [2.05, 4.69) is 21.7 Å². The van der Waals surface area contributed by atoms with Crippen LogP contribution in [0.5, 0.6) is 0 Å². The molecule has 0 bridgehead atoms. The molecular formula is C14H21N3O2S. The Morgan fingerprint density at radius 1 is 1.35 bits per heavy atom. The molecule has 0 aromatic carbocycles. The highest BCUT2D eigenvalue weighted by atomic mass is 32.1. The largest absolute Gasteiger partial charge is 0.477 e. The van der Waals surface area contributed by atoms with E-state index in [0.29, 0.717) is 10.8 Å². The number of aromatic carboxylic acids is 1. The van der Waals surface area contributed by atoms with Crippen molar-refractivity contribution in [3.05, 3.63) is 10.6 Å². The van der Waals surface area contributed by atoms with Crippen LogP contribution in [0.15, 0.2) is 0 Å². The first-order valence-electron chi connectivity index (χ1n) is 7.40. The fraction of sp³-hybridized carbons (Fsp3) is 0.714. The summed E-state index contributed by atoms with van der Waals surface area (Å²) < 4.78 is 0. The summed E-state index contributed by atoms with van der Waals surface area (Å²) in [5.41, 5.74) is 0.827. The van der Waals surface area contributed by atoms with E-state index in [9.17, 15) is 9.90 Å². The molecule has 1 N–H and O–H groups in total. The van der Waals surface area contributed by atoms with Gasteiger partial charge in [0.05, 0.1) is 5.69 Å². The second kappa shape index (κ2) is 5.69. The summed E-state index contributed by atoms with van der Waals surface area (Å²) in [6.45, 7) is 7.37. The van der Waals surface area contributed by atoms with Crippen molar-refractivity contribution in [2.75, 3.05) is 37.6 Å². The third kappa shape index (κ3) is 2.81. The minimum Gasteiger partial charge on any atom is -0.477 e. The van der Waals surface area contributed by atoms with Crippen molar-refractivity contribution in [1.29, 1.82) is 0 Å². The maximum atomic E-state index is 11.3. The number of rotatable bonds is 5. The second-order valence-corrected chi connectivity index (χ2v) is 6.60. The molecule has 6 heteroatoms. The minimum atomic E-state index is -0.819. The first-order valence-corrected chi connectivity index (χ1v) is 8.22. The Hall–Kier alpha value is -1.14. The summed E-state index contributed by atoms with van der Waals surface area (Å²) in [6.07, 6.45) is 3.37. The number of nitrogens with zero attached hydrogens (tertiary/aromatic N) is 3. The molecular weight excluding hydrogens is 274 g/mol. The fourth-order valence-electron chi connectivity index (χ4n) is 2.72. The summed E-state index contributed by atoms with van der Waals surface area (Å²) in [5.74, 6) is -0.423. The van der Waals surface area contributed by atoms with Gasteiger partial charge in [-0.1, -0.05) is 18.3 Å². The van der Waals surface area contributed by atoms with E-state index in [1.165, 1.54) is 17.8 Å². The quantitative estimate of drug-likeness (QED) is 0.903. The Morgan fingerprint density at radius 3 is 2.60 bits per heavy atom. The molecule has 3 rings (SSSR count). The lowest BCUT2D eigenvalue weighted by Crippen LogP contribution is -2.46. The standard InChI is InChI=1S/C14H21N3O2S/c1-2-5-16-6-8-17(9-7-16)14-15-11(10-3-4-10)12(20-14)13(18)19/h10H,2-9H2,1H3,(H,18,19). The van der Waals surface area contributed by atoms with E-state index in [1.54, 1.807) is 0 Å². The van der Waals surface area contributed by atoms with E-state index in [-0.39, 0.29) is 0 Å². The SMILES string of the molecule is CCCN1CCN(c2nc(C3CC3)c(C(=O)O)s2)CC1. The van der Waals surface area contributed by atoms with E-state index in [1.807, 2.05) is 0 Å². The highest BCUT2D eigenvalue weighted by Gasteiger charge is 2.33. The van der Waals surface area contributed by atoms with E-state index >= 15 is 0 Å². The van der Waals surface area contributed by atoms with E-state index in [0.717, 1.165) is 56.4 Å². The molecule has 5 nitrogen and oxygen atoms in total. The third-order valence-corrected chi connectivity index (χ3v) is 5.10. The Labute approximate surface area is 123 Å². The number of hydrogen-bond acceptors (Lipinski definition) is 5. The smallest absolute Gasteiger partial charge is 0.347 e. The van der Waals surface area contributed by atoms with Crippen LogP contribution in [0.4, 0.5) is 5.13 Å². The monoisotopic (exact) mass is 295 g/mol. The van der Waals surface area contributed by atoms with Gasteiger partial charge in [-0.05, 0) is 25.8 Å². The van der Waals surface area contributed by atoms with Crippen molar-refractivity contribution in [1.82, 2.24) is 9.88 Å². The zero-order valence-corrected chi connectivity index (χ0v) is 12.7. The Balaban J connectivity index is 1.71. The molecule has 1 aromatic rings. The van der Waals surface area contributed by atoms with Crippen LogP contribution in [0, 0.1) is 0 Å². The number of aromatic nitrogens is 1. The van der Waals surface area contributed by atoms with Crippen molar-refractivity contribution >= 4 is 22.4 Å². The third-order valence-electron chi connectivity index (χ3n) is 3.98.